The molecule has 0 N–H and O–H groups in total. The van der Waals surface area contributed by atoms with E-state index in [4.69, 9.17) is 0 Å². The highest BCUT2D eigenvalue weighted by molar-refractivity contribution is 5.36. The number of benzene rings is 1. The highest BCUT2D eigenvalue weighted by Crippen LogP contribution is 2.23. The number of rotatable bonds is 3. The summed E-state index contributed by atoms with van der Waals surface area (Å²) in [4.78, 5) is 0. The molecule has 1 aromatic rings. The summed E-state index contributed by atoms with van der Waals surface area (Å²) in [5.74, 6) is 1.14. The van der Waals surface area contributed by atoms with Crippen molar-refractivity contribution in [1.82, 2.24) is 0 Å². The Balaban J connectivity index is 3.20. The summed E-state index contributed by atoms with van der Waals surface area (Å²) in [5.41, 5.74) is 3.87. The van der Waals surface area contributed by atoms with E-state index in [1.165, 1.54) is 11.1 Å². The maximum absolute atomic E-state index is 3.71. The summed E-state index contributed by atoms with van der Waals surface area (Å²) in [7, 11) is 0. The van der Waals surface area contributed by atoms with Gasteiger partial charge in [0.15, 0.2) is 0 Å². The molecule has 0 heteroatoms. The van der Waals surface area contributed by atoms with Gasteiger partial charge in [0, 0.05) is 0 Å². The second kappa shape index (κ2) is 4.45. The summed E-state index contributed by atoms with van der Waals surface area (Å²) in [5, 5.41) is 0. The first-order valence-corrected chi connectivity index (χ1v) is 5.22. The van der Waals surface area contributed by atoms with Gasteiger partial charge in [0.05, 0.1) is 0 Å². The lowest BCUT2D eigenvalue weighted by atomic mass is 9.93. The van der Waals surface area contributed by atoms with Gasteiger partial charge < -0.3 is 0 Å². The zero-order valence-corrected chi connectivity index (χ0v) is 9.59. The molecule has 0 bridgehead atoms. The molecule has 0 spiro atoms. The molecule has 1 rings (SSSR count). The Morgan fingerprint density at radius 2 is 1.36 bits per heavy atom. The second-order valence-electron chi connectivity index (χ2n) is 4.37. The third-order valence-corrected chi connectivity index (χ3v) is 2.52. The SMILES string of the molecule is C=[C]c1cc(C(C)C)cc(C(C)C)c1. The number of hydrogen-bond acceptors (Lipinski definition) is 0. The van der Waals surface area contributed by atoms with Gasteiger partial charge in [-0.05, 0) is 34.6 Å². The predicted octanol–water partition coefficient (Wildman–Crippen LogP) is 4.27. The maximum Gasteiger partial charge on any atom is -0.0178 e. The molecule has 0 aromatic heterocycles. The molecular formula is C14H19. The van der Waals surface area contributed by atoms with E-state index in [1.54, 1.807) is 0 Å². The standard InChI is InChI=1S/C14H19/c1-6-12-7-13(10(2)3)9-14(8-12)11(4)5/h7-11H,1H2,2-5H3. The lowest BCUT2D eigenvalue weighted by molar-refractivity contribution is 0.832. The van der Waals surface area contributed by atoms with Crippen LogP contribution in [0.1, 0.15) is 56.2 Å². The van der Waals surface area contributed by atoms with Gasteiger partial charge in [0.25, 0.3) is 0 Å². The molecule has 0 fully saturated rings. The smallest absolute Gasteiger partial charge is 0.0178 e. The van der Waals surface area contributed by atoms with Crippen molar-refractivity contribution in [1.29, 1.82) is 0 Å². The molecule has 0 heterocycles. The summed E-state index contributed by atoms with van der Waals surface area (Å²) in [6.07, 6.45) is 2.97. The summed E-state index contributed by atoms with van der Waals surface area (Å²) in [6.45, 7) is 12.6. The third kappa shape index (κ3) is 2.47. The van der Waals surface area contributed by atoms with Crippen LogP contribution in [0.25, 0.3) is 0 Å². The van der Waals surface area contributed by atoms with Gasteiger partial charge in [-0.15, -0.1) is 0 Å². The first-order chi connectivity index (χ1) is 6.54. The van der Waals surface area contributed by atoms with Crippen LogP contribution in [-0.4, -0.2) is 0 Å². The lowest BCUT2D eigenvalue weighted by Crippen LogP contribution is -1.94. The largest absolute Gasteiger partial charge is 0.0906 e. The van der Waals surface area contributed by atoms with Crippen molar-refractivity contribution >= 4 is 0 Å². The molecule has 1 radical (unpaired) electrons. The van der Waals surface area contributed by atoms with E-state index in [9.17, 15) is 0 Å². The van der Waals surface area contributed by atoms with Gasteiger partial charge in [-0.3, -0.25) is 0 Å². The fourth-order valence-electron chi connectivity index (χ4n) is 1.45. The van der Waals surface area contributed by atoms with Crippen LogP contribution in [-0.2, 0) is 0 Å². The van der Waals surface area contributed by atoms with Crippen LogP contribution >= 0.6 is 0 Å². The van der Waals surface area contributed by atoms with E-state index >= 15 is 0 Å². The van der Waals surface area contributed by atoms with Gasteiger partial charge in [-0.2, -0.15) is 0 Å². The van der Waals surface area contributed by atoms with E-state index in [0.717, 1.165) is 5.56 Å². The first-order valence-electron chi connectivity index (χ1n) is 5.22. The van der Waals surface area contributed by atoms with Gasteiger partial charge >= 0.3 is 0 Å². The maximum atomic E-state index is 3.71. The molecule has 75 valence electrons. The van der Waals surface area contributed by atoms with Crippen LogP contribution in [0.4, 0.5) is 0 Å². The molecule has 0 amide bonds. The van der Waals surface area contributed by atoms with E-state index in [0.29, 0.717) is 11.8 Å². The van der Waals surface area contributed by atoms with Crippen molar-refractivity contribution in [3.05, 3.63) is 47.5 Å². The average Bonchev–Trinajstić information content (AvgIpc) is 2.16. The average molecular weight is 187 g/mol. The topological polar surface area (TPSA) is 0 Å². The molecule has 0 saturated carbocycles. The minimum Gasteiger partial charge on any atom is -0.0906 e. The van der Waals surface area contributed by atoms with Crippen LogP contribution < -0.4 is 0 Å². The van der Waals surface area contributed by atoms with Crippen LogP contribution in [0, 0.1) is 6.08 Å². The Bertz CT molecular complexity index is 293. The molecule has 0 atom stereocenters. The molecule has 0 nitrogen and oxygen atoms in total. The predicted molar refractivity (Wildman–Crippen MR) is 62.6 cm³/mol. The van der Waals surface area contributed by atoms with E-state index in [-0.39, 0.29) is 0 Å². The lowest BCUT2D eigenvalue weighted by Gasteiger charge is -2.12. The van der Waals surface area contributed by atoms with Gasteiger partial charge in [0.1, 0.15) is 0 Å². The highest BCUT2D eigenvalue weighted by Gasteiger charge is 2.05. The Morgan fingerprint density at radius 3 is 1.64 bits per heavy atom. The molecule has 0 aliphatic heterocycles. The Kier molecular flexibility index (Phi) is 3.51. The van der Waals surface area contributed by atoms with Crippen molar-refractivity contribution < 1.29 is 0 Å². The van der Waals surface area contributed by atoms with Crippen molar-refractivity contribution in [2.24, 2.45) is 0 Å². The van der Waals surface area contributed by atoms with E-state index < -0.39 is 0 Å². The monoisotopic (exact) mass is 187 g/mol. The zero-order chi connectivity index (χ0) is 10.7. The molecule has 1 aromatic carbocycles. The van der Waals surface area contributed by atoms with Crippen LogP contribution in [0.3, 0.4) is 0 Å². The fourth-order valence-corrected chi connectivity index (χ4v) is 1.45. The molecule has 0 unspecified atom stereocenters. The Morgan fingerprint density at radius 1 is 0.929 bits per heavy atom. The van der Waals surface area contributed by atoms with Crippen molar-refractivity contribution in [2.45, 2.75) is 39.5 Å². The van der Waals surface area contributed by atoms with Crippen molar-refractivity contribution in [2.75, 3.05) is 0 Å². The van der Waals surface area contributed by atoms with Crippen LogP contribution in [0.15, 0.2) is 24.8 Å². The van der Waals surface area contributed by atoms with Gasteiger partial charge in [-0.25, -0.2) is 0 Å². The fraction of sp³-hybridized carbons (Fsp3) is 0.429. The van der Waals surface area contributed by atoms with E-state index in [1.807, 2.05) is 0 Å². The zero-order valence-electron chi connectivity index (χ0n) is 9.59. The molecule has 0 saturated heterocycles. The summed E-state index contributed by atoms with van der Waals surface area (Å²) >= 11 is 0. The molecule has 0 aliphatic rings. The van der Waals surface area contributed by atoms with Crippen LogP contribution in [0.5, 0.6) is 0 Å². The van der Waals surface area contributed by atoms with Gasteiger partial charge in [-0.1, -0.05) is 52.5 Å². The van der Waals surface area contributed by atoms with E-state index in [2.05, 4.69) is 58.5 Å². The minimum absolute atomic E-state index is 0.570. The van der Waals surface area contributed by atoms with Crippen molar-refractivity contribution in [3.63, 3.8) is 0 Å². The quantitative estimate of drug-likeness (QED) is 0.663. The second-order valence-corrected chi connectivity index (χ2v) is 4.37. The third-order valence-electron chi connectivity index (χ3n) is 2.52. The first kappa shape index (κ1) is 11.0. The summed E-state index contributed by atoms with van der Waals surface area (Å²) < 4.78 is 0. The minimum atomic E-state index is 0.570. The molecule has 14 heavy (non-hydrogen) atoms. The number of hydrogen-bond donors (Lipinski definition) is 0. The molecular weight excluding hydrogens is 168 g/mol. The normalized spacial score (nSPS) is 11.0. The Labute approximate surface area is 87.7 Å². The summed E-state index contributed by atoms with van der Waals surface area (Å²) in [6, 6.07) is 6.63. The van der Waals surface area contributed by atoms with Crippen LogP contribution in [0.2, 0.25) is 0 Å². The highest BCUT2D eigenvalue weighted by atomic mass is 14.1. The van der Waals surface area contributed by atoms with Crippen molar-refractivity contribution in [3.8, 4) is 0 Å². The molecule has 0 aliphatic carbocycles. The van der Waals surface area contributed by atoms with Gasteiger partial charge in [0.2, 0.25) is 0 Å². The Hall–Kier alpha value is -1.04.